The number of H-pyrrole nitrogens is 1. The quantitative estimate of drug-likeness (QED) is 0.606. The van der Waals surface area contributed by atoms with Gasteiger partial charge in [0.1, 0.15) is 11.9 Å². The molecule has 0 amide bonds. The van der Waals surface area contributed by atoms with E-state index in [0.717, 1.165) is 35.2 Å². The van der Waals surface area contributed by atoms with Crippen molar-refractivity contribution in [1.82, 2.24) is 9.88 Å². The predicted molar refractivity (Wildman–Crippen MR) is 115 cm³/mol. The topological polar surface area (TPSA) is 85.8 Å². The molecular formula is C24H26N2O4. The van der Waals surface area contributed by atoms with E-state index in [1.807, 2.05) is 48.5 Å². The number of rotatable bonds is 5. The van der Waals surface area contributed by atoms with Crippen molar-refractivity contribution in [2.24, 2.45) is 5.92 Å². The van der Waals surface area contributed by atoms with Crippen molar-refractivity contribution in [3.63, 3.8) is 0 Å². The van der Waals surface area contributed by atoms with Crippen LogP contribution in [0.5, 0.6) is 5.75 Å². The molecule has 156 valence electrons. The largest absolute Gasteiger partial charge is 0.490 e. The molecular weight excluding hydrogens is 380 g/mol. The third-order valence-corrected chi connectivity index (χ3v) is 6.47. The van der Waals surface area contributed by atoms with Crippen LogP contribution in [0.15, 0.2) is 65.5 Å². The number of hydrogen-bond acceptors (Lipinski definition) is 5. The number of nitrogens with one attached hydrogen (secondary N) is 1. The number of para-hydroxylation sites is 1. The van der Waals surface area contributed by atoms with Gasteiger partial charge in [-0.3, -0.25) is 9.69 Å². The monoisotopic (exact) mass is 406 g/mol. The molecule has 0 bridgehead atoms. The number of aliphatic hydroxyl groups excluding tert-OH is 1. The fourth-order valence-corrected chi connectivity index (χ4v) is 5.03. The van der Waals surface area contributed by atoms with Gasteiger partial charge in [-0.1, -0.05) is 24.3 Å². The highest BCUT2D eigenvalue weighted by molar-refractivity contribution is 5.79. The second kappa shape index (κ2) is 7.54. The fourth-order valence-electron chi connectivity index (χ4n) is 5.03. The van der Waals surface area contributed by atoms with Crippen LogP contribution >= 0.6 is 0 Å². The molecule has 0 radical (unpaired) electrons. The number of likely N-dealkylation sites (tertiary alicyclic amines) is 1. The summed E-state index contributed by atoms with van der Waals surface area (Å²) in [5.74, 6) is 0.996. The lowest BCUT2D eigenvalue weighted by Crippen LogP contribution is -2.36. The lowest BCUT2D eigenvalue weighted by molar-refractivity contribution is 0.0178. The van der Waals surface area contributed by atoms with E-state index < -0.39 is 11.7 Å². The molecule has 0 unspecified atom stereocenters. The minimum Gasteiger partial charge on any atom is -0.490 e. The maximum Gasteiger partial charge on any atom is 0.248 e. The first-order chi connectivity index (χ1) is 14.5. The number of nitrogens with zero attached hydrogens (tertiary/aromatic N) is 1. The average Bonchev–Trinajstić information content (AvgIpc) is 3.18. The van der Waals surface area contributed by atoms with Crippen LogP contribution in [0, 0.1) is 5.92 Å². The van der Waals surface area contributed by atoms with Gasteiger partial charge in [0.25, 0.3) is 0 Å². The van der Waals surface area contributed by atoms with Crippen LogP contribution in [0.25, 0.3) is 10.9 Å². The Hall–Kier alpha value is -2.67. The molecule has 0 spiro atoms. The molecule has 30 heavy (non-hydrogen) atoms. The van der Waals surface area contributed by atoms with E-state index in [1.165, 1.54) is 6.07 Å². The van der Waals surface area contributed by atoms with E-state index in [1.54, 1.807) is 6.07 Å². The Labute approximate surface area is 174 Å². The summed E-state index contributed by atoms with van der Waals surface area (Å²) in [5.41, 5.74) is 0.668. The number of aromatic nitrogens is 1. The molecule has 1 saturated carbocycles. The van der Waals surface area contributed by atoms with Gasteiger partial charge in [-0.2, -0.15) is 0 Å². The van der Waals surface area contributed by atoms with Gasteiger partial charge in [0, 0.05) is 43.6 Å². The van der Waals surface area contributed by atoms with E-state index in [0.29, 0.717) is 19.5 Å². The summed E-state index contributed by atoms with van der Waals surface area (Å²) >= 11 is 0. The van der Waals surface area contributed by atoms with Crippen molar-refractivity contribution in [2.75, 3.05) is 19.6 Å². The Bertz CT molecular complexity index is 1100. The van der Waals surface area contributed by atoms with Gasteiger partial charge >= 0.3 is 0 Å². The molecule has 2 fully saturated rings. The molecule has 6 nitrogen and oxygen atoms in total. The number of fused-ring (bicyclic) bond motifs is 2. The van der Waals surface area contributed by atoms with Crippen LogP contribution in [-0.2, 0) is 0 Å². The number of pyridine rings is 1. The van der Waals surface area contributed by atoms with Gasteiger partial charge in [0.2, 0.25) is 5.56 Å². The van der Waals surface area contributed by atoms with Crippen LogP contribution in [0.3, 0.4) is 0 Å². The summed E-state index contributed by atoms with van der Waals surface area (Å²) in [7, 11) is 0. The van der Waals surface area contributed by atoms with Crippen LogP contribution < -0.4 is 10.3 Å². The average molecular weight is 406 g/mol. The first-order valence-corrected chi connectivity index (χ1v) is 10.5. The van der Waals surface area contributed by atoms with Gasteiger partial charge in [0.05, 0.1) is 11.7 Å². The normalized spacial score (nSPS) is 27.3. The highest BCUT2D eigenvalue weighted by atomic mass is 16.5. The molecule has 1 aromatic heterocycles. The number of ether oxygens (including phenoxy) is 1. The molecule has 2 heterocycles. The molecule has 1 aliphatic carbocycles. The zero-order valence-corrected chi connectivity index (χ0v) is 16.7. The minimum absolute atomic E-state index is 0.0251. The molecule has 6 heteroatoms. The maximum atomic E-state index is 11.4. The first-order valence-electron chi connectivity index (χ1n) is 10.5. The first kappa shape index (κ1) is 19.3. The molecule has 5 rings (SSSR count). The number of hydrogen-bond donors (Lipinski definition) is 3. The summed E-state index contributed by atoms with van der Waals surface area (Å²) in [6, 6.07) is 18.6. The highest BCUT2D eigenvalue weighted by Gasteiger charge is 2.52. The molecule has 1 aliphatic heterocycles. The van der Waals surface area contributed by atoms with E-state index in [4.69, 9.17) is 4.74 Å². The summed E-state index contributed by atoms with van der Waals surface area (Å²) in [4.78, 5) is 16.4. The maximum absolute atomic E-state index is 11.4. The van der Waals surface area contributed by atoms with Crippen molar-refractivity contribution in [2.45, 2.75) is 30.7 Å². The van der Waals surface area contributed by atoms with Gasteiger partial charge in [-0.15, -0.1) is 0 Å². The Morgan fingerprint density at radius 1 is 1.17 bits per heavy atom. The molecule has 2 aromatic carbocycles. The van der Waals surface area contributed by atoms with E-state index in [-0.39, 0.29) is 17.6 Å². The van der Waals surface area contributed by atoms with Gasteiger partial charge in [0.15, 0.2) is 0 Å². The van der Waals surface area contributed by atoms with Crippen molar-refractivity contribution in [1.29, 1.82) is 0 Å². The lowest BCUT2D eigenvalue weighted by atomic mass is 9.95. The van der Waals surface area contributed by atoms with E-state index in [9.17, 15) is 15.0 Å². The second-order valence-corrected chi connectivity index (χ2v) is 8.67. The van der Waals surface area contributed by atoms with Gasteiger partial charge < -0.3 is 19.9 Å². The lowest BCUT2D eigenvalue weighted by Gasteiger charge is -2.25. The van der Waals surface area contributed by atoms with Crippen LogP contribution in [0.4, 0.5) is 0 Å². The fraction of sp³-hybridized carbons (Fsp3) is 0.375. The summed E-state index contributed by atoms with van der Waals surface area (Å²) in [6.07, 6.45) is 0.807. The third kappa shape index (κ3) is 3.74. The minimum atomic E-state index is -0.762. The van der Waals surface area contributed by atoms with Gasteiger partial charge in [-0.05, 0) is 47.7 Å². The molecule has 3 N–H and O–H groups in total. The van der Waals surface area contributed by atoms with Crippen LogP contribution in [-0.4, -0.2) is 51.4 Å². The summed E-state index contributed by atoms with van der Waals surface area (Å²) in [5, 5.41) is 22.8. The Morgan fingerprint density at radius 2 is 2.00 bits per heavy atom. The summed E-state index contributed by atoms with van der Waals surface area (Å²) in [6.45, 7) is 1.77. The van der Waals surface area contributed by atoms with Crippen LogP contribution in [0.1, 0.15) is 24.5 Å². The zero-order valence-electron chi connectivity index (χ0n) is 16.7. The smallest absolute Gasteiger partial charge is 0.248 e. The van der Waals surface area contributed by atoms with Crippen molar-refractivity contribution in [3.8, 4) is 5.75 Å². The Morgan fingerprint density at radius 3 is 2.80 bits per heavy atom. The second-order valence-electron chi connectivity index (χ2n) is 8.67. The number of benzene rings is 2. The molecule has 3 aromatic rings. The molecule has 4 atom stereocenters. The number of β-amino-alcohol motifs (C(OH)–C–C–N with tert-alkyl or cyclic N) is 2. The van der Waals surface area contributed by atoms with Crippen molar-refractivity contribution >= 4 is 10.9 Å². The number of aromatic amines is 1. The van der Waals surface area contributed by atoms with Gasteiger partial charge in [-0.25, -0.2) is 0 Å². The third-order valence-electron chi connectivity index (χ3n) is 6.47. The van der Waals surface area contributed by atoms with Crippen molar-refractivity contribution < 1.29 is 14.9 Å². The zero-order chi connectivity index (χ0) is 20.7. The van der Waals surface area contributed by atoms with E-state index in [2.05, 4.69) is 9.88 Å². The molecule has 2 aliphatic rings. The SMILES string of the molecule is O=c1ccc2cc([C@@H](O)CN3C[C@H]4C[C@H](Oc5ccccc5)C[C@@]4(O)C3)ccc2[nH]1. The molecule has 1 saturated heterocycles. The Balaban J connectivity index is 1.22. The standard InChI is InChI=1S/C24H26N2O4/c27-22(17-6-8-21-16(10-17)7-9-23(28)25-21)14-26-13-18-11-20(12-24(18,29)15-26)30-19-4-2-1-3-5-19/h1-10,18,20,22,27,29H,11-15H2,(H,25,28)/t18-,20+,22+,24-/m1/s1. The van der Waals surface area contributed by atoms with E-state index >= 15 is 0 Å². The predicted octanol–water partition coefficient (Wildman–Crippen LogP) is 2.47. The summed E-state index contributed by atoms with van der Waals surface area (Å²) < 4.78 is 6.06. The number of aliphatic hydroxyl groups is 2. The Kier molecular flexibility index (Phi) is 4.85. The van der Waals surface area contributed by atoms with Crippen molar-refractivity contribution in [3.05, 3.63) is 76.6 Å². The van der Waals surface area contributed by atoms with Crippen LogP contribution in [0.2, 0.25) is 0 Å². The highest BCUT2D eigenvalue weighted by Crippen LogP contribution is 2.43.